The number of carbonyl (C=O) groups is 2. The van der Waals surface area contributed by atoms with Gasteiger partial charge in [0.1, 0.15) is 0 Å². The van der Waals surface area contributed by atoms with Gasteiger partial charge in [0.2, 0.25) is 0 Å². The summed E-state index contributed by atoms with van der Waals surface area (Å²) in [7, 11) is 0. The third-order valence-corrected chi connectivity index (χ3v) is 3.61. The number of allylic oxidation sites excluding steroid dienone is 1. The molecule has 1 aliphatic carbocycles. The second-order valence-corrected chi connectivity index (χ2v) is 5.10. The molecule has 0 N–H and O–H groups in total. The van der Waals surface area contributed by atoms with Gasteiger partial charge in [0.05, 0.1) is 13.2 Å². The number of rotatable bonds is 6. The van der Waals surface area contributed by atoms with Crippen molar-refractivity contribution >= 4 is 11.9 Å². The Balaban J connectivity index is 2.58. The highest BCUT2D eigenvalue weighted by molar-refractivity contribution is 5.82. The third kappa shape index (κ3) is 5.90. The van der Waals surface area contributed by atoms with Gasteiger partial charge in [-0.05, 0) is 31.6 Å². The molecular weight excluding hydrogens is 244 g/mol. The molecule has 1 fully saturated rings. The number of hydrogen-bond acceptors (Lipinski definition) is 4. The average molecular weight is 268 g/mol. The summed E-state index contributed by atoms with van der Waals surface area (Å²) in [6.07, 6.45) is 9.93. The van der Waals surface area contributed by atoms with E-state index >= 15 is 0 Å². The molecule has 1 rings (SSSR count). The zero-order chi connectivity index (χ0) is 14.1. The van der Waals surface area contributed by atoms with E-state index in [1.165, 1.54) is 19.4 Å². The molecule has 108 valence electrons. The molecule has 0 bridgehead atoms. The minimum absolute atomic E-state index is 0.0134. The minimum Gasteiger partial charge on any atom is -0.466 e. The summed E-state index contributed by atoms with van der Waals surface area (Å²) in [4.78, 5) is 22.2. The van der Waals surface area contributed by atoms with Crippen LogP contribution < -0.4 is 0 Å². The van der Waals surface area contributed by atoms with E-state index in [-0.39, 0.29) is 17.4 Å². The molecule has 0 aromatic carbocycles. The van der Waals surface area contributed by atoms with Crippen LogP contribution in [0.25, 0.3) is 0 Å². The van der Waals surface area contributed by atoms with Crippen molar-refractivity contribution in [2.45, 2.75) is 52.4 Å². The Morgan fingerprint density at radius 3 is 2.42 bits per heavy atom. The van der Waals surface area contributed by atoms with Crippen molar-refractivity contribution in [2.75, 3.05) is 13.2 Å². The molecule has 0 unspecified atom stereocenters. The highest BCUT2D eigenvalue weighted by Crippen LogP contribution is 2.40. The molecular formula is C15H24O4. The van der Waals surface area contributed by atoms with Crippen LogP contribution in [0.1, 0.15) is 52.4 Å². The molecule has 0 saturated heterocycles. The Hall–Kier alpha value is -1.32. The van der Waals surface area contributed by atoms with E-state index in [1.807, 2.05) is 6.08 Å². The predicted octanol–water partition coefficient (Wildman–Crippen LogP) is 3.01. The molecule has 0 radical (unpaired) electrons. The smallest absolute Gasteiger partial charge is 0.330 e. The zero-order valence-corrected chi connectivity index (χ0v) is 11.9. The van der Waals surface area contributed by atoms with Crippen LogP contribution in [0.5, 0.6) is 0 Å². The predicted molar refractivity (Wildman–Crippen MR) is 72.5 cm³/mol. The number of ether oxygens (including phenoxy) is 2. The Morgan fingerprint density at radius 2 is 1.84 bits per heavy atom. The van der Waals surface area contributed by atoms with Crippen LogP contribution in [0.2, 0.25) is 0 Å². The number of hydrogen-bond donors (Lipinski definition) is 0. The molecule has 0 amide bonds. The monoisotopic (exact) mass is 268 g/mol. The maximum absolute atomic E-state index is 11.4. The molecule has 0 aliphatic heterocycles. The summed E-state index contributed by atoms with van der Waals surface area (Å²) in [6.45, 7) is 4.02. The van der Waals surface area contributed by atoms with E-state index in [1.54, 1.807) is 6.92 Å². The van der Waals surface area contributed by atoms with Gasteiger partial charge in [0, 0.05) is 13.0 Å². The van der Waals surface area contributed by atoms with Crippen molar-refractivity contribution in [2.24, 2.45) is 5.41 Å². The largest absolute Gasteiger partial charge is 0.466 e. The summed E-state index contributed by atoms with van der Waals surface area (Å²) < 4.78 is 9.94. The van der Waals surface area contributed by atoms with Gasteiger partial charge < -0.3 is 9.47 Å². The van der Waals surface area contributed by atoms with Gasteiger partial charge in [-0.25, -0.2) is 4.79 Å². The number of carbonyl (C=O) groups excluding carboxylic acids is 2. The molecule has 1 saturated carbocycles. The molecule has 0 aromatic rings. The maximum Gasteiger partial charge on any atom is 0.330 e. The fourth-order valence-electron chi connectivity index (χ4n) is 2.59. The average Bonchev–Trinajstić information content (AvgIpc) is 2.38. The Morgan fingerprint density at radius 1 is 1.16 bits per heavy atom. The first-order valence-corrected chi connectivity index (χ1v) is 7.07. The second-order valence-electron chi connectivity index (χ2n) is 5.10. The van der Waals surface area contributed by atoms with Crippen LogP contribution in [0.3, 0.4) is 0 Å². The molecule has 1 aliphatic rings. The third-order valence-electron chi connectivity index (χ3n) is 3.61. The highest BCUT2D eigenvalue weighted by atomic mass is 16.5. The van der Waals surface area contributed by atoms with Gasteiger partial charge in [-0.1, -0.05) is 25.3 Å². The van der Waals surface area contributed by atoms with Crippen molar-refractivity contribution in [1.29, 1.82) is 0 Å². The fourth-order valence-corrected chi connectivity index (χ4v) is 2.59. The second kappa shape index (κ2) is 7.97. The van der Waals surface area contributed by atoms with Crippen molar-refractivity contribution in [3.05, 3.63) is 12.2 Å². The molecule has 0 spiro atoms. The lowest BCUT2D eigenvalue weighted by molar-refractivity contribution is -0.142. The normalized spacial score (nSPS) is 18.2. The standard InChI is InChI=1S/C15H24O4/c1-3-18-14(17)7-10-15(8-5-4-6-9-15)11-12-19-13(2)16/h7,10H,3-6,8-9,11-12H2,1-2H3/b10-7-. The maximum atomic E-state index is 11.4. The first-order valence-electron chi connectivity index (χ1n) is 7.07. The quantitative estimate of drug-likeness (QED) is 0.549. The van der Waals surface area contributed by atoms with E-state index in [0.29, 0.717) is 13.2 Å². The van der Waals surface area contributed by atoms with Crippen LogP contribution >= 0.6 is 0 Å². The molecule has 0 atom stereocenters. The van der Waals surface area contributed by atoms with Gasteiger partial charge in [0.15, 0.2) is 0 Å². The van der Waals surface area contributed by atoms with Gasteiger partial charge in [-0.2, -0.15) is 0 Å². The summed E-state index contributed by atoms with van der Waals surface area (Å²) in [5, 5.41) is 0. The Bertz CT molecular complexity index is 327. The SMILES string of the molecule is CCOC(=O)/C=C\C1(CCOC(C)=O)CCCCC1. The molecule has 19 heavy (non-hydrogen) atoms. The van der Waals surface area contributed by atoms with E-state index in [0.717, 1.165) is 32.1 Å². The van der Waals surface area contributed by atoms with Crippen LogP contribution in [0, 0.1) is 5.41 Å². The lowest BCUT2D eigenvalue weighted by atomic mass is 9.72. The van der Waals surface area contributed by atoms with Crippen molar-refractivity contribution < 1.29 is 19.1 Å². The summed E-state index contributed by atoms with van der Waals surface area (Å²) in [6, 6.07) is 0. The summed E-state index contributed by atoms with van der Waals surface area (Å²) >= 11 is 0. The van der Waals surface area contributed by atoms with Gasteiger partial charge in [0.25, 0.3) is 0 Å². The fraction of sp³-hybridized carbons (Fsp3) is 0.733. The first kappa shape index (κ1) is 15.7. The molecule has 4 heteroatoms. The lowest BCUT2D eigenvalue weighted by Gasteiger charge is -2.34. The van der Waals surface area contributed by atoms with Crippen LogP contribution in [-0.4, -0.2) is 25.2 Å². The van der Waals surface area contributed by atoms with Crippen LogP contribution in [-0.2, 0) is 19.1 Å². The van der Waals surface area contributed by atoms with Crippen LogP contribution in [0.4, 0.5) is 0 Å². The zero-order valence-electron chi connectivity index (χ0n) is 11.9. The molecule has 0 aromatic heterocycles. The minimum atomic E-state index is -0.292. The van der Waals surface area contributed by atoms with Gasteiger partial charge >= 0.3 is 11.9 Å². The van der Waals surface area contributed by atoms with Crippen molar-refractivity contribution in [1.82, 2.24) is 0 Å². The first-order chi connectivity index (χ1) is 9.08. The van der Waals surface area contributed by atoms with Crippen molar-refractivity contribution in [3.8, 4) is 0 Å². The topological polar surface area (TPSA) is 52.6 Å². The van der Waals surface area contributed by atoms with E-state index < -0.39 is 0 Å². The Labute approximate surface area is 115 Å². The molecule has 4 nitrogen and oxygen atoms in total. The summed E-state index contributed by atoms with van der Waals surface area (Å²) in [5.74, 6) is -0.541. The van der Waals surface area contributed by atoms with E-state index in [4.69, 9.17) is 9.47 Å². The van der Waals surface area contributed by atoms with Crippen molar-refractivity contribution in [3.63, 3.8) is 0 Å². The van der Waals surface area contributed by atoms with Gasteiger partial charge in [-0.15, -0.1) is 0 Å². The van der Waals surface area contributed by atoms with E-state index in [2.05, 4.69) is 0 Å². The lowest BCUT2D eigenvalue weighted by Crippen LogP contribution is -2.24. The van der Waals surface area contributed by atoms with Gasteiger partial charge in [-0.3, -0.25) is 4.79 Å². The number of esters is 2. The Kier molecular flexibility index (Phi) is 6.60. The van der Waals surface area contributed by atoms with Crippen LogP contribution in [0.15, 0.2) is 12.2 Å². The summed E-state index contributed by atoms with van der Waals surface area (Å²) in [5.41, 5.74) is -0.0134. The highest BCUT2D eigenvalue weighted by Gasteiger charge is 2.29. The van der Waals surface area contributed by atoms with E-state index in [9.17, 15) is 9.59 Å². The molecule has 0 heterocycles.